The van der Waals surface area contributed by atoms with E-state index >= 15 is 0 Å². The van der Waals surface area contributed by atoms with Crippen LogP contribution in [0.1, 0.15) is 16.0 Å². The van der Waals surface area contributed by atoms with Crippen molar-refractivity contribution in [1.29, 1.82) is 0 Å². The molecule has 0 aliphatic rings. The first-order valence-corrected chi connectivity index (χ1v) is 11.7. The monoisotopic (exact) mass is 465 g/mol. The van der Waals surface area contributed by atoms with E-state index in [1.165, 1.54) is 31.6 Å². The summed E-state index contributed by atoms with van der Waals surface area (Å²) in [6, 6.07) is 11.3. The lowest BCUT2D eigenvalue weighted by Crippen LogP contribution is -2.29. The van der Waals surface area contributed by atoms with Gasteiger partial charge in [-0.2, -0.15) is 0 Å². The van der Waals surface area contributed by atoms with Gasteiger partial charge in [-0.1, -0.05) is 24.3 Å². The SMILES string of the molecule is Cc1cccc(C)c1NC(=O)Cn1nc2n(Cc3cccs3)c(=O)c3sccc3n2c1=O. The van der Waals surface area contributed by atoms with Gasteiger partial charge in [-0.05, 0) is 47.9 Å². The summed E-state index contributed by atoms with van der Waals surface area (Å²) in [6.45, 7) is 3.87. The second kappa shape index (κ2) is 7.88. The lowest BCUT2D eigenvalue weighted by atomic mass is 10.1. The Kier molecular flexibility index (Phi) is 5.03. The molecule has 1 amide bonds. The zero-order valence-corrected chi connectivity index (χ0v) is 19.0. The summed E-state index contributed by atoms with van der Waals surface area (Å²) < 4.78 is 4.49. The van der Waals surface area contributed by atoms with E-state index in [4.69, 9.17) is 0 Å². The van der Waals surface area contributed by atoms with Crippen molar-refractivity contribution >= 4 is 50.3 Å². The van der Waals surface area contributed by atoms with Gasteiger partial charge in [-0.3, -0.25) is 14.2 Å². The van der Waals surface area contributed by atoms with Crippen molar-refractivity contribution in [3.63, 3.8) is 0 Å². The van der Waals surface area contributed by atoms with Crippen LogP contribution in [0.4, 0.5) is 5.69 Å². The van der Waals surface area contributed by atoms with Gasteiger partial charge in [0.25, 0.3) is 5.56 Å². The summed E-state index contributed by atoms with van der Waals surface area (Å²) in [5.41, 5.74) is 2.44. The number of carbonyl (C=O) groups is 1. The fourth-order valence-electron chi connectivity index (χ4n) is 3.76. The van der Waals surface area contributed by atoms with Crippen LogP contribution in [0.3, 0.4) is 0 Å². The largest absolute Gasteiger partial charge is 0.352 e. The van der Waals surface area contributed by atoms with Crippen molar-refractivity contribution in [2.24, 2.45) is 0 Å². The summed E-state index contributed by atoms with van der Waals surface area (Å²) in [7, 11) is 0. The number of fused-ring (bicyclic) bond motifs is 3. The Morgan fingerprint density at radius 3 is 2.53 bits per heavy atom. The normalized spacial score (nSPS) is 11.4. The van der Waals surface area contributed by atoms with Gasteiger partial charge in [-0.25, -0.2) is 13.9 Å². The fraction of sp³-hybridized carbons (Fsp3) is 0.182. The second-order valence-corrected chi connectivity index (χ2v) is 9.44. The van der Waals surface area contributed by atoms with E-state index in [0.29, 0.717) is 16.8 Å². The van der Waals surface area contributed by atoms with Gasteiger partial charge in [0.15, 0.2) is 0 Å². The molecular formula is C22H19N5O3S2. The highest BCUT2D eigenvalue weighted by atomic mass is 32.1. The van der Waals surface area contributed by atoms with Crippen molar-refractivity contribution in [2.45, 2.75) is 26.9 Å². The molecule has 1 aromatic carbocycles. The van der Waals surface area contributed by atoms with Crippen LogP contribution < -0.4 is 16.6 Å². The van der Waals surface area contributed by atoms with Crippen molar-refractivity contribution in [3.8, 4) is 0 Å². The number of aryl methyl sites for hydroxylation is 2. The number of carbonyl (C=O) groups excluding carboxylic acids is 1. The minimum absolute atomic E-state index is 0.201. The molecule has 0 spiro atoms. The first-order valence-electron chi connectivity index (χ1n) is 9.92. The first-order chi connectivity index (χ1) is 15.4. The minimum atomic E-state index is -0.458. The minimum Gasteiger partial charge on any atom is -0.324 e. The van der Waals surface area contributed by atoms with Gasteiger partial charge in [0, 0.05) is 10.6 Å². The highest BCUT2D eigenvalue weighted by molar-refractivity contribution is 7.17. The van der Waals surface area contributed by atoms with Crippen LogP contribution in [0, 0.1) is 13.8 Å². The number of para-hydroxylation sites is 1. The van der Waals surface area contributed by atoms with E-state index in [1.807, 2.05) is 49.6 Å². The third-order valence-corrected chi connectivity index (χ3v) is 7.07. The van der Waals surface area contributed by atoms with E-state index in [0.717, 1.165) is 26.4 Å². The van der Waals surface area contributed by atoms with Crippen molar-refractivity contribution in [3.05, 3.63) is 84.0 Å². The highest BCUT2D eigenvalue weighted by Gasteiger charge is 2.20. The fourth-order valence-corrected chi connectivity index (χ4v) is 5.28. The maximum absolute atomic E-state index is 13.2. The number of rotatable bonds is 5. The Labute approximate surface area is 190 Å². The average Bonchev–Trinajstić information content (AvgIpc) is 3.50. The smallest absolute Gasteiger partial charge is 0.324 e. The molecule has 4 heterocycles. The molecular weight excluding hydrogens is 446 g/mol. The summed E-state index contributed by atoms with van der Waals surface area (Å²) in [5.74, 6) is -0.138. The number of amides is 1. The summed E-state index contributed by atoms with van der Waals surface area (Å²) in [4.78, 5) is 40.1. The van der Waals surface area contributed by atoms with Gasteiger partial charge < -0.3 is 5.32 Å². The molecule has 0 radical (unpaired) electrons. The molecule has 1 N–H and O–H groups in total. The predicted molar refractivity (Wildman–Crippen MR) is 127 cm³/mol. The van der Waals surface area contributed by atoms with Crippen LogP contribution in [0.15, 0.2) is 56.7 Å². The molecule has 0 atom stereocenters. The van der Waals surface area contributed by atoms with E-state index in [9.17, 15) is 14.4 Å². The van der Waals surface area contributed by atoms with Gasteiger partial charge in [0.1, 0.15) is 11.2 Å². The number of hydrogen-bond acceptors (Lipinski definition) is 6. The maximum Gasteiger partial charge on any atom is 0.352 e. The lowest BCUT2D eigenvalue weighted by molar-refractivity contribution is -0.117. The molecule has 0 saturated carbocycles. The molecule has 162 valence electrons. The molecule has 5 aromatic rings. The van der Waals surface area contributed by atoms with Gasteiger partial charge in [-0.15, -0.1) is 27.8 Å². The highest BCUT2D eigenvalue weighted by Crippen LogP contribution is 2.20. The van der Waals surface area contributed by atoms with Crippen LogP contribution in [0.25, 0.3) is 16.0 Å². The number of hydrogen-bond donors (Lipinski definition) is 1. The second-order valence-electron chi connectivity index (χ2n) is 7.50. The Balaban J connectivity index is 1.59. The maximum atomic E-state index is 13.2. The number of nitrogens with one attached hydrogen (secondary N) is 1. The van der Waals surface area contributed by atoms with Crippen LogP contribution >= 0.6 is 22.7 Å². The Morgan fingerprint density at radius 1 is 1.03 bits per heavy atom. The van der Waals surface area contributed by atoms with Gasteiger partial charge in [0.2, 0.25) is 11.7 Å². The van der Waals surface area contributed by atoms with Crippen LogP contribution in [-0.2, 0) is 17.9 Å². The van der Waals surface area contributed by atoms with Crippen molar-refractivity contribution in [1.82, 2.24) is 18.7 Å². The van der Waals surface area contributed by atoms with Crippen molar-refractivity contribution < 1.29 is 4.79 Å². The molecule has 32 heavy (non-hydrogen) atoms. The molecule has 0 unspecified atom stereocenters. The Morgan fingerprint density at radius 2 is 1.81 bits per heavy atom. The number of aromatic nitrogens is 4. The predicted octanol–water partition coefficient (Wildman–Crippen LogP) is 3.24. The van der Waals surface area contributed by atoms with Gasteiger partial charge >= 0.3 is 5.69 Å². The van der Waals surface area contributed by atoms with E-state index in [2.05, 4.69) is 10.4 Å². The first kappa shape index (κ1) is 20.4. The van der Waals surface area contributed by atoms with Gasteiger partial charge in [0.05, 0.1) is 12.1 Å². The number of thiophene rings is 2. The summed E-state index contributed by atoms with van der Waals surface area (Å²) in [5, 5.41) is 11.0. The molecule has 0 aliphatic heterocycles. The van der Waals surface area contributed by atoms with E-state index in [1.54, 1.807) is 11.4 Å². The molecule has 0 saturated heterocycles. The molecule has 0 aliphatic carbocycles. The van der Waals surface area contributed by atoms with Crippen LogP contribution in [-0.4, -0.2) is 24.7 Å². The topological polar surface area (TPSA) is 90.4 Å². The van der Waals surface area contributed by atoms with Crippen molar-refractivity contribution in [2.75, 3.05) is 5.32 Å². The molecule has 0 bridgehead atoms. The summed E-state index contributed by atoms with van der Waals surface area (Å²) >= 11 is 2.81. The Hall–Kier alpha value is -3.50. The zero-order valence-electron chi connectivity index (χ0n) is 17.4. The third-order valence-electron chi connectivity index (χ3n) is 5.32. The molecule has 4 aromatic heterocycles. The number of anilines is 1. The van der Waals surface area contributed by atoms with Crippen LogP contribution in [0.5, 0.6) is 0 Å². The summed E-state index contributed by atoms with van der Waals surface area (Å²) in [6.07, 6.45) is 0. The van der Waals surface area contributed by atoms with Crippen LogP contribution in [0.2, 0.25) is 0 Å². The third kappa shape index (κ3) is 3.37. The molecule has 5 rings (SSSR count). The molecule has 0 fully saturated rings. The zero-order chi connectivity index (χ0) is 22.4. The number of nitrogens with zero attached hydrogens (tertiary/aromatic N) is 4. The quantitative estimate of drug-likeness (QED) is 0.432. The molecule has 8 nitrogen and oxygen atoms in total. The Bertz CT molecular complexity index is 1570. The molecule has 10 heteroatoms. The standard InChI is InChI=1S/C22H19N5O3S2/c1-13-5-3-6-14(2)18(13)23-17(28)12-26-22(30)27-16-8-10-32-19(16)20(29)25(21(27)24-26)11-15-7-4-9-31-15/h3-10H,11-12H2,1-2H3,(H,23,28). The lowest BCUT2D eigenvalue weighted by Gasteiger charge is -2.10. The van der Waals surface area contributed by atoms with E-state index in [-0.39, 0.29) is 23.8 Å². The average molecular weight is 466 g/mol. The van der Waals surface area contributed by atoms with E-state index < -0.39 is 5.69 Å². The number of benzene rings is 1.